The lowest BCUT2D eigenvalue weighted by Crippen LogP contribution is -2.35. The molecule has 0 radical (unpaired) electrons. The van der Waals surface area contributed by atoms with E-state index in [9.17, 15) is 14.7 Å². The van der Waals surface area contributed by atoms with Gasteiger partial charge < -0.3 is 15.7 Å². The van der Waals surface area contributed by atoms with Gasteiger partial charge in [-0.1, -0.05) is 26.0 Å². The number of amides is 1. The van der Waals surface area contributed by atoms with Crippen molar-refractivity contribution in [2.24, 2.45) is 5.41 Å². The van der Waals surface area contributed by atoms with E-state index in [0.29, 0.717) is 11.1 Å². The van der Waals surface area contributed by atoms with E-state index < -0.39 is 5.97 Å². The normalized spacial score (nSPS) is 17.7. The van der Waals surface area contributed by atoms with Crippen molar-refractivity contribution in [3.05, 3.63) is 64.7 Å². The van der Waals surface area contributed by atoms with Gasteiger partial charge in [-0.3, -0.25) is 4.79 Å². The number of carboxylic acid groups (broad SMARTS) is 1. The average Bonchev–Trinajstić information content (AvgIpc) is 2.59. The van der Waals surface area contributed by atoms with Crippen molar-refractivity contribution < 1.29 is 14.7 Å². The molecule has 1 amide bonds. The Kier molecular flexibility index (Phi) is 4.96. The first kappa shape index (κ1) is 19.0. The monoisotopic (exact) mass is 366 g/mol. The van der Waals surface area contributed by atoms with Gasteiger partial charge in [-0.25, -0.2) is 4.79 Å². The van der Waals surface area contributed by atoms with Crippen LogP contribution in [0.25, 0.3) is 0 Å². The largest absolute Gasteiger partial charge is 0.478 e. The van der Waals surface area contributed by atoms with Crippen molar-refractivity contribution in [1.82, 2.24) is 5.32 Å². The molecule has 0 saturated heterocycles. The van der Waals surface area contributed by atoms with Crippen LogP contribution in [0.1, 0.15) is 65.6 Å². The fourth-order valence-electron chi connectivity index (χ4n) is 3.70. The molecule has 1 heterocycles. The zero-order chi connectivity index (χ0) is 19.8. The molecular formula is C22H26N2O3. The minimum absolute atomic E-state index is 0.0208. The summed E-state index contributed by atoms with van der Waals surface area (Å²) in [5.41, 5.74) is 3.80. The van der Waals surface area contributed by atoms with Crippen LogP contribution in [-0.2, 0) is 6.42 Å². The highest BCUT2D eigenvalue weighted by Gasteiger charge is 2.36. The molecule has 5 heteroatoms. The lowest BCUT2D eigenvalue weighted by atomic mass is 9.72. The topological polar surface area (TPSA) is 78.4 Å². The van der Waals surface area contributed by atoms with Gasteiger partial charge >= 0.3 is 5.97 Å². The number of rotatable bonds is 4. The summed E-state index contributed by atoms with van der Waals surface area (Å²) >= 11 is 0. The summed E-state index contributed by atoms with van der Waals surface area (Å²) in [6, 6.07) is 13.0. The van der Waals surface area contributed by atoms with E-state index in [4.69, 9.17) is 0 Å². The Labute approximate surface area is 159 Å². The van der Waals surface area contributed by atoms with Crippen LogP contribution in [0.5, 0.6) is 0 Å². The quantitative estimate of drug-likeness (QED) is 0.755. The highest BCUT2D eigenvalue weighted by molar-refractivity contribution is 5.94. The SMILES string of the molecule is CC(C)NC(=O)c1cccc(C2Nc3ccc(C(=O)O)cc3CC2(C)C)c1. The van der Waals surface area contributed by atoms with Crippen LogP contribution < -0.4 is 10.6 Å². The zero-order valence-electron chi connectivity index (χ0n) is 16.2. The summed E-state index contributed by atoms with van der Waals surface area (Å²) in [5.74, 6) is -0.992. The molecule has 5 nitrogen and oxygen atoms in total. The number of fused-ring (bicyclic) bond motifs is 1. The maximum atomic E-state index is 12.4. The summed E-state index contributed by atoms with van der Waals surface area (Å²) in [5, 5.41) is 15.7. The van der Waals surface area contributed by atoms with Gasteiger partial charge in [0, 0.05) is 17.3 Å². The molecule has 2 aromatic carbocycles. The average molecular weight is 366 g/mol. The molecule has 0 spiro atoms. The molecule has 0 fully saturated rings. The number of benzene rings is 2. The number of hydrogen-bond acceptors (Lipinski definition) is 3. The highest BCUT2D eigenvalue weighted by Crippen LogP contribution is 2.45. The number of aromatic carboxylic acids is 1. The molecule has 27 heavy (non-hydrogen) atoms. The Morgan fingerprint density at radius 1 is 1.15 bits per heavy atom. The fourth-order valence-corrected chi connectivity index (χ4v) is 3.70. The van der Waals surface area contributed by atoms with Crippen LogP contribution in [0.3, 0.4) is 0 Å². The first-order chi connectivity index (χ1) is 12.7. The Bertz CT molecular complexity index is 887. The van der Waals surface area contributed by atoms with E-state index in [0.717, 1.165) is 23.2 Å². The first-order valence-corrected chi connectivity index (χ1v) is 9.21. The van der Waals surface area contributed by atoms with Gasteiger partial charge in [0.1, 0.15) is 0 Å². The van der Waals surface area contributed by atoms with Crippen LogP contribution in [0.15, 0.2) is 42.5 Å². The van der Waals surface area contributed by atoms with Gasteiger partial charge in [0.2, 0.25) is 0 Å². The molecule has 2 aromatic rings. The van der Waals surface area contributed by atoms with Crippen molar-refractivity contribution >= 4 is 17.6 Å². The first-order valence-electron chi connectivity index (χ1n) is 9.21. The Morgan fingerprint density at radius 3 is 2.56 bits per heavy atom. The third-order valence-electron chi connectivity index (χ3n) is 4.98. The molecule has 1 unspecified atom stereocenters. The lowest BCUT2D eigenvalue weighted by Gasteiger charge is -2.41. The molecule has 0 saturated carbocycles. The highest BCUT2D eigenvalue weighted by atomic mass is 16.4. The minimum atomic E-state index is -0.915. The fraction of sp³-hybridized carbons (Fsp3) is 0.364. The number of carbonyl (C=O) groups excluding carboxylic acids is 1. The number of carbonyl (C=O) groups is 2. The van der Waals surface area contributed by atoms with Gasteiger partial charge in [-0.05, 0) is 67.1 Å². The van der Waals surface area contributed by atoms with Crippen LogP contribution in [0.2, 0.25) is 0 Å². The third-order valence-corrected chi connectivity index (χ3v) is 4.98. The zero-order valence-corrected chi connectivity index (χ0v) is 16.2. The van der Waals surface area contributed by atoms with E-state index in [1.165, 1.54) is 0 Å². The molecule has 1 aliphatic rings. The maximum Gasteiger partial charge on any atom is 0.335 e. The van der Waals surface area contributed by atoms with Gasteiger partial charge in [-0.15, -0.1) is 0 Å². The lowest BCUT2D eigenvalue weighted by molar-refractivity contribution is 0.0696. The second-order valence-electron chi connectivity index (χ2n) is 8.17. The predicted molar refractivity (Wildman–Crippen MR) is 106 cm³/mol. The number of hydrogen-bond donors (Lipinski definition) is 3. The summed E-state index contributed by atoms with van der Waals surface area (Å²) < 4.78 is 0. The second kappa shape index (κ2) is 7.06. The Balaban J connectivity index is 1.93. The molecule has 3 N–H and O–H groups in total. The van der Waals surface area contributed by atoms with Crippen molar-refractivity contribution in [1.29, 1.82) is 0 Å². The van der Waals surface area contributed by atoms with Crippen molar-refractivity contribution in [3.8, 4) is 0 Å². The number of carboxylic acids is 1. The van der Waals surface area contributed by atoms with Crippen LogP contribution in [0.4, 0.5) is 5.69 Å². The van der Waals surface area contributed by atoms with E-state index in [1.54, 1.807) is 12.1 Å². The Morgan fingerprint density at radius 2 is 1.89 bits per heavy atom. The van der Waals surface area contributed by atoms with Crippen molar-refractivity contribution in [3.63, 3.8) is 0 Å². The standard InChI is InChI=1S/C22H26N2O3/c1-13(2)23-20(25)15-7-5-6-14(10-15)19-22(3,4)12-17-11-16(21(26)27)8-9-18(17)24-19/h5-11,13,19,24H,12H2,1-4H3,(H,23,25)(H,26,27). The third kappa shape index (κ3) is 3.97. The van der Waals surface area contributed by atoms with Gasteiger partial charge in [0.15, 0.2) is 0 Å². The Hall–Kier alpha value is -2.82. The van der Waals surface area contributed by atoms with E-state index in [2.05, 4.69) is 24.5 Å². The second-order valence-corrected chi connectivity index (χ2v) is 8.17. The van der Waals surface area contributed by atoms with Crippen molar-refractivity contribution in [2.75, 3.05) is 5.32 Å². The summed E-state index contributed by atoms with van der Waals surface area (Å²) in [4.78, 5) is 23.6. The van der Waals surface area contributed by atoms with Crippen LogP contribution >= 0.6 is 0 Å². The summed E-state index contributed by atoms with van der Waals surface area (Å²) in [6.07, 6.45) is 0.754. The van der Waals surface area contributed by atoms with Crippen LogP contribution in [-0.4, -0.2) is 23.0 Å². The molecule has 0 aromatic heterocycles. The van der Waals surface area contributed by atoms with Gasteiger partial charge in [0.05, 0.1) is 11.6 Å². The molecule has 1 atom stereocenters. The minimum Gasteiger partial charge on any atom is -0.478 e. The van der Waals surface area contributed by atoms with Crippen LogP contribution in [0, 0.1) is 5.41 Å². The molecular weight excluding hydrogens is 340 g/mol. The van der Waals surface area contributed by atoms with Gasteiger partial charge in [-0.2, -0.15) is 0 Å². The molecule has 1 aliphatic heterocycles. The molecule has 0 aliphatic carbocycles. The molecule has 0 bridgehead atoms. The predicted octanol–water partition coefficient (Wildman–Crippen LogP) is 4.26. The van der Waals surface area contributed by atoms with Crippen molar-refractivity contribution in [2.45, 2.75) is 46.2 Å². The van der Waals surface area contributed by atoms with E-state index >= 15 is 0 Å². The van der Waals surface area contributed by atoms with E-state index in [1.807, 2.05) is 44.2 Å². The number of nitrogens with one attached hydrogen (secondary N) is 2. The van der Waals surface area contributed by atoms with E-state index in [-0.39, 0.29) is 23.4 Å². The number of anilines is 1. The molecule has 3 rings (SSSR count). The summed E-state index contributed by atoms with van der Waals surface area (Å²) in [7, 11) is 0. The maximum absolute atomic E-state index is 12.4. The smallest absolute Gasteiger partial charge is 0.335 e. The van der Waals surface area contributed by atoms with Gasteiger partial charge in [0.25, 0.3) is 5.91 Å². The summed E-state index contributed by atoms with van der Waals surface area (Å²) in [6.45, 7) is 8.19. The molecule has 142 valence electrons.